The molecule has 3 heterocycles. The number of hydrogen-bond donors (Lipinski definition) is 0. The summed E-state index contributed by atoms with van der Waals surface area (Å²) in [5, 5.41) is 6.05. The topological polar surface area (TPSA) is 81.2 Å². The molecule has 5 rings (SSSR count). The number of para-hydroxylation sites is 1. The van der Waals surface area contributed by atoms with Crippen LogP contribution in [0.15, 0.2) is 70.0 Å². The van der Waals surface area contributed by atoms with Gasteiger partial charge in [0.05, 0.1) is 0 Å². The van der Waals surface area contributed by atoms with Crippen LogP contribution in [0.3, 0.4) is 0 Å². The van der Waals surface area contributed by atoms with E-state index >= 15 is 0 Å². The largest absolute Gasteiger partial charge is 0.437 e. The SMILES string of the molecule is CC1Cc2ccccc2N1C(=O)Cn1nc(-c2nccc3ccccc23)oc1=O. The number of amides is 1. The molecule has 0 aliphatic carbocycles. The number of fused-ring (bicyclic) bond motifs is 2. The molecule has 1 unspecified atom stereocenters. The summed E-state index contributed by atoms with van der Waals surface area (Å²) in [6, 6.07) is 17.4. The van der Waals surface area contributed by atoms with Gasteiger partial charge in [0.2, 0.25) is 5.91 Å². The average molecular weight is 386 g/mol. The minimum atomic E-state index is -0.678. The van der Waals surface area contributed by atoms with Gasteiger partial charge >= 0.3 is 5.76 Å². The van der Waals surface area contributed by atoms with E-state index in [2.05, 4.69) is 10.1 Å². The third kappa shape index (κ3) is 2.91. The van der Waals surface area contributed by atoms with Gasteiger partial charge in [0.15, 0.2) is 0 Å². The van der Waals surface area contributed by atoms with Crippen LogP contribution in [-0.2, 0) is 17.8 Å². The Hall–Kier alpha value is -3.74. The molecule has 0 fully saturated rings. The Morgan fingerprint density at radius 3 is 2.83 bits per heavy atom. The summed E-state index contributed by atoms with van der Waals surface area (Å²) in [6.45, 7) is 1.81. The number of pyridine rings is 1. The van der Waals surface area contributed by atoms with E-state index in [0.29, 0.717) is 5.69 Å². The molecule has 7 heteroatoms. The molecule has 1 atom stereocenters. The van der Waals surface area contributed by atoms with E-state index in [1.807, 2.05) is 61.5 Å². The maximum Gasteiger partial charge on any atom is 0.437 e. The number of carbonyl (C=O) groups excluding carboxylic acids is 1. The van der Waals surface area contributed by atoms with Gasteiger partial charge in [-0.2, -0.15) is 4.68 Å². The van der Waals surface area contributed by atoms with E-state index in [1.54, 1.807) is 11.1 Å². The first-order valence-electron chi connectivity index (χ1n) is 9.44. The Kier molecular flexibility index (Phi) is 4.01. The quantitative estimate of drug-likeness (QED) is 0.541. The number of hydrogen-bond acceptors (Lipinski definition) is 5. The van der Waals surface area contributed by atoms with E-state index < -0.39 is 5.76 Å². The summed E-state index contributed by atoms with van der Waals surface area (Å²) in [5.74, 6) is -0.770. The highest BCUT2D eigenvalue weighted by molar-refractivity contribution is 5.96. The second-order valence-corrected chi connectivity index (χ2v) is 7.16. The molecule has 0 saturated carbocycles. The van der Waals surface area contributed by atoms with Crippen LogP contribution in [0.5, 0.6) is 0 Å². The monoisotopic (exact) mass is 386 g/mol. The molecule has 1 amide bonds. The summed E-state index contributed by atoms with van der Waals surface area (Å²) < 4.78 is 6.40. The molecule has 2 aromatic heterocycles. The van der Waals surface area contributed by atoms with Crippen molar-refractivity contribution in [1.29, 1.82) is 0 Å². The normalized spacial score (nSPS) is 15.6. The molecule has 0 N–H and O–H groups in total. The predicted molar refractivity (Wildman–Crippen MR) is 109 cm³/mol. The number of benzene rings is 2. The van der Waals surface area contributed by atoms with Crippen LogP contribution in [0, 0.1) is 0 Å². The minimum Gasteiger partial charge on any atom is -0.386 e. The van der Waals surface area contributed by atoms with E-state index in [9.17, 15) is 9.59 Å². The van der Waals surface area contributed by atoms with E-state index in [0.717, 1.165) is 33.1 Å². The van der Waals surface area contributed by atoms with Crippen molar-refractivity contribution >= 4 is 22.4 Å². The molecule has 0 radical (unpaired) electrons. The summed E-state index contributed by atoms with van der Waals surface area (Å²) >= 11 is 0. The number of rotatable bonds is 3. The van der Waals surface area contributed by atoms with Gasteiger partial charge in [0.1, 0.15) is 12.2 Å². The highest BCUT2D eigenvalue weighted by Crippen LogP contribution is 2.32. The molecule has 0 saturated heterocycles. The smallest absolute Gasteiger partial charge is 0.386 e. The van der Waals surface area contributed by atoms with Crippen LogP contribution in [0.2, 0.25) is 0 Å². The van der Waals surface area contributed by atoms with Gasteiger partial charge in [-0.15, -0.1) is 5.10 Å². The van der Waals surface area contributed by atoms with Crippen molar-refractivity contribution < 1.29 is 9.21 Å². The Bertz CT molecular complexity index is 1290. The predicted octanol–water partition coefficient (Wildman–Crippen LogP) is 3.03. The van der Waals surface area contributed by atoms with Crippen molar-refractivity contribution in [3.8, 4) is 11.6 Å². The second kappa shape index (κ2) is 6.70. The van der Waals surface area contributed by atoms with Crippen molar-refractivity contribution in [2.45, 2.75) is 25.9 Å². The van der Waals surface area contributed by atoms with Gasteiger partial charge < -0.3 is 9.32 Å². The zero-order valence-electron chi connectivity index (χ0n) is 15.8. The van der Waals surface area contributed by atoms with Crippen molar-refractivity contribution in [2.75, 3.05) is 4.90 Å². The molecule has 29 heavy (non-hydrogen) atoms. The van der Waals surface area contributed by atoms with E-state index in [1.165, 1.54) is 0 Å². The Morgan fingerprint density at radius 2 is 1.93 bits per heavy atom. The zero-order valence-corrected chi connectivity index (χ0v) is 15.8. The molecule has 1 aliphatic heterocycles. The highest BCUT2D eigenvalue weighted by atomic mass is 16.4. The summed E-state index contributed by atoms with van der Waals surface area (Å²) in [5.41, 5.74) is 2.49. The van der Waals surface area contributed by atoms with Crippen molar-refractivity contribution in [2.24, 2.45) is 0 Å². The first-order valence-corrected chi connectivity index (χ1v) is 9.44. The molecule has 4 aromatic rings. The molecular weight excluding hydrogens is 368 g/mol. The maximum absolute atomic E-state index is 13.0. The lowest BCUT2D eigenvalue weighted by Crippen LogP contribution is -2.39. The van der Waals surface area contributed by atoms with Crippen molar-refractivity contribution in [1.82, 2.24) is 14.8 Å². The fraction of sp³-hybridized carbons (Fsp3) is 0.182. The van der Waals surface area contributed by atoms with Crippen LogP contribution in [0.1, 0.15) is 12.5 Å². The lowest BCUT2D eigenvalue weighted by atomic mass is 10.1. The number of aromatic nitrogens is 3. The maximum atomic E-state index is 13.0. The van der Waals surface area contributed by atoms with Crippen LogP contribution in [-0.4, -0.2) is 26.7 Å². The van der Waals surface area contributed by atoms with Crippen LogP contribution < -0.4 is 10.7 Å². The number of carbonyl (C=O) groups is 1. The van der Waals surface area contributed by atoms with Gasteiger partial charge in [0, 0.05) is 23.3 Å². The van der Waals surface area contributed by atoms with Gasteiger partial charge in [-0.05, 0) is 36.4 Å². The van der Waals surface area contributed by atoms with Crippen LogP contribution in [0.4, 0.5) is 5.69 Å². The van der Waals surface area contributed by atoms with Crippen LogP contribution >= 0.6 is 0 Å². The fourth-order valence-electron chi connectivity index (χ4n) is 3.94. The third-order valence-electron chi connectivity index (χ3n) is 5.24. The zero-order chi connectivity index (χ0) is 20.0. The molecule has 0 spiro atoms. The molecule has 144 valence electrons. The first-order chi connectivity index (χ1) is 14.1. The standard InChI is InChI=1S/C22H18N4O3/c1-14-12-16-7-3-5-9-18(16)26(14)19(27)13-25-22(28)29-21(24-25)20-17-8-4-2-6-15(17)10-11-23-20/h2-11,14H,12-13H2,1H3. The lowest BCUT2D eigenvalue weighted by molar-refractivity contribution is -0.119. The minimum absolute atomic E-state index is 0.0294. The number of anilines is 1. The first kappa shape index (κ1) is 17.4. The Balaban J connectivity index is 1.47. The van der Waals surface area contributed by atoms with Crippen LogP contribution in [0.25, 0.3) is 22.4 Å². The van der Waals surface area contributed by atoms with Gasteiger partial charge in [-0.3, -0.25) is 9.78 Å². The Labute approximate surface area is 166 Å². The molecular formula is C22H18N4O3. The highest BCUT2D eigenvalue weighted by Gasteiger charge is 2.31. The molecule has 7 nitrogen and oxygen atoms in total. The van der Waals surface area contributed by atoms with Gasteiger partial charge in [-0.25, -0.2) is 4.79 Å². The second-order valence-electron chi connectivity index (χ2n) is 7.16. The van der Waals surface area contributed by atoms with Crippen molar-refractivity contribution in [3.63, 3.8) is 0 Å². The summed E-state index contributed by atoms with van der Waals surface area (Å²) in [6.07, 6.45) is 2.44. The van der Waals surface area contributed by atoms with Gasteiger partial charge in [0.25, 0.3) is 5.89 Å². The van der Waals surface area contributed by atoms with Gasteiger partial charge in [-0.1, -0.05) is 42.5 Å². The van der Waals surface area contributed by atoms with E-state index in [4.69, 9.17) is 4.42 Å². The average Bonchev–Trinajstić information content (AvgIpc) is 3.26. The lowest BCUT2D eigenvalue weighted by Gasteiger charge is -2.22. The fourth-order valence-corrected chi connectivity index (χ4v) is 3.94. The molecule has 1 aliphatic rings. The molecule has 0 bridgehead atoms. The summed E-state index contributed by atoms with van der Waals surface area (Å²) in [7, 11) is 0. The summed E-state index contributed by atoms with van der Waals surface area (Å²) in [4.78, 5) is 31.4. The third-order valence-corrected chi connectivity index (χ3v) is 5.24. The Morgan fingerprint density at radius 1 is 1.14 bits per heavy atom. The van der Waals surface area contributed by atoms with E-state index in [-0.39, 0.29) is 24.4 Å². The molecule has 2 aromatic carbocycles. The number of nitrogens with zero attached hydrogens (tertiary/aromatic N) is 4. The van der Waals surface area contributed by atoms with Crippen molar-refractivity contribution in [3.05, 3.63) is 76.9 Å².